The molecule has 0 spiro atoms. The first kappa shape index (κ1) is 9.40. The van der Waals surface area contributed by atoms with Crippen LogP contribution in [0.2, 0.25) is 0 Å². The number of hydrogen-bond acceptors (Lipinski definition) is 4. The third-order valence-corrected chi connectivity index (χ3v) is 1.18. The molecular weight excluding hydrogens is 157 g/mol. The molecule has 2 atom stereocenters. The zero-order valence-corrected chi connectivity index (χ0v) is 5.78. The van der Waals surface area contributed by atoms with Crippen molar-refractivity contribution in [1.29, 1.82) is 0 Å². The number of aliphatic carboxylic acids is 1. The summed E-state index contributed by atoms with van der Waals surface area (Å²) in [6.07, 6.45) is -1.49. The van der Waals surface area contributed by atoms with Crippen molar-refractivity contribution in [2.45, 2.75) is 12.1 Å². The van der Waals surface area contributed by atoms with E-state index in [2.05, 4.69) is 0 Å². The minimum absolute atomic E-state index is 0.554. The van der Waals surface area contributed by atoms with Crippen LogP contribution in [0.3, 0.4) is 0 Å². The van der Waals surface area contributed by atoms with Gasteiger partial charge in [-0.2, -0.15) is 0 Å². The van der Waals surface area contributed by atoms with Gasteiger partial charge in [-0.3, -0.25) is 0 Å². The standard InChI is InChI=1S/C4H6NO4P/c5-3(4(7)8)2(6)1-10-9/h2-3,6H,5H2,(H,7,8). The molecule has 0 aliphatic carbocycles. The molecule has 0 aromatic rings. The van der Waals surface area contributed by atoms with Crippen molar-refractivity contribution in [3.63, 3.8) is 0 Å². The zero-order valence-electron chi connectivity index (χ0n) is 4.89. The fourth-order valence-corrected chi connectivity index (χ4v) is 0.538. The molecular formula is C4H6NO4P. The first-order valence-corrected chi connectivity index (χ1v) is 3.15. The van der Waals surface area contributed by atoms with Gasteiger partial charge >= 0.3 is 57.0 Å². The van der Waals surface area contributed by atoms with Crippen LogP contribution in [-0.2, 0) is 9.36 Å². The molecule has 0 fully saturated rings. The van der Waals surface area contributed by atoms with Gasteiger partial charge in [-0.05, 0) is 0 Å². The van der Waals surface area contributed by atoms with Gasteiger partial charge in [0, 0.05) is 0 Å². The van der Waals surface area contributed by atoms with Crippen molar-refractivity contribution in [3.8, 4) is 5.63 Å². The molecule has 0 aliphatic heterocycles. The molecule has 56 valence electrons. The van der Waals surface area contributed by atoms with Gasteiger partial charge in [0.05, 0.1) is 0 Å². The Balaban J connectivity index is 4.16. The van der Waals surface area contributed by atoms with Crippen LogP contribution in [0.4, 0.5) is 0 Å². The fourth-order valence-electron chi connectivity index (χ4n) is 0.269. The Bertz CT molecular complexity index is 220. The molecule has 0 saturated carbocycles. The Hall–Kier alpha value is -0.600. The van der Waals surface area contributed by atoms with Crippen molar-refractivity contribution in [3.05, 3.63) is 0 Å². The van der Waals surface area contributed by atoms with Gasteiger partial charge in [-0.15, -0.1) is 0 Å². The topological polar surface area (TPSA) is 101 Å². The second kappa shape index (κ2) is 4.25. The van der Waals surface area contributed by atoms with Gasteiger partial charge in [0.1, 0.15) is 0 Å². The predicted molar refractivity (Wildman–Crippen MR) is 33.1 cm³/mol. The number of rotatable bonds is 2. The van der Waals surface area contributed by atoms with Crippen molar-refractivity contribution in [1.82, 2.24) is 0 Å². The Morgan fingerprint density at radius 1 is 1.70 bits per heavy atom. The van der Waals surface area contributed by atoms with Crippen molar-refractivity contribution in [2.24, 2.45) is 5.73 Å². The molecule has 5 nitrogen and oxygen atoms in total. The van der Waals surface area contributed by atoms with Crippen molar-refractivity contribution in [2.75, 3.05) is 0 Å². The van der Waals surface area contributed by atoms with Crippen LogP contribution in [0.5, 0.6) is 0 Å². The zero-order chi connectivity index (χ0) is 8.15. The molecule has 0 aliphatic rings. The van der Waals surface area contributed by atoms with Crippen LogP contribution in [0.15, 0.2) is 0 Å². The average molecular weight is 163 g/mol. The summed E-state index contributed by atoms with van der Waals surface area (Å²) >= 11 is 0. The molecule has 4 N–H and O–H groups in total. The molecule has 2 unspecified atom stereocenters. The van der Waals surface area contributed by atoms with Crippen molar-refractivity contribution >= 4 is 13.9 Å². The van der Waals surface area contributed by atoms with E-state index in [-0.39, 0.29) is 0 Å². The van der Waals surface area contributed by atoms with Crippen LogP contribution < -0.4 is 5.73 Å². The molecule has 0 radical (unpaired) electrons. The first-order chi connectivity index (χ1) is 4.59. The maximum absolute atomic E-state index is 9.99. The third-order valence-electron chi connectivity index (χ3n) is 0.810. The Morgan fingerprint density at radius 2 is 2.20 bits per heavy atom. The summed E-state index contributed by atoms with van der Waals surface area (Å²) in [5, 5.41) is 16.8. The Morgan fingerprint density at radius 3 is 2.50 bits per heavy atom. The fraction of sp³-hybridized carbons (Fsp3) is 0.500. The summed E-state index contributed by atoms with van der Waals surface area (Å²) in [5.74, 6) is -1.36. The number of aliphatic hydroxyl groups is 1. The van der Waals surface area contributed by atoms with E-state index in [0.29, 0.717) is 0 Å². The third kappa shape index (κ3) is 2.80. The van der Waals surface area contributed by atoms with Gasteiger partial charge in [0.25, 0.3) is 0 Å². The maximum atomic E-state index is 9.99. The molecule has 10 heavy (non-hydrogen) atoms. The monoisotopic (exact) mass is 163 g/mol. The molecule has 0 saturated heterocycles. The van der Waals surface area contributed by atoms with E-state index in [1.807, 2.05) is 5.63 Å². The quantitative estimate of drug-likeness (QED) is 0.454. The molecule has 0 rings (SSSR count). The first-order valence-electron chi connectivity index (χ1n) is 2.34. The number of carboxylic acid groups (broad SMARTS) is 1. The normalized spacial score (nSPS) is 15.0. The van der Waals surface area contributed by atoms with Crippen molar-refractivity contribution < 1.29 is 19.6 Å². The van der Waals surface area contributed by atoms with Gasteiger partial charge in [0.15, 0.2) is 0 Å². The van der Waals surface area contributed by atoms with Gasteiger partial charge in [0.2, 0.25) is 0 Å². The average Bonchev–Trinajstić information content (AvgIpc) is 1.87. The van der Waals surface area contributed by atoms with Crippen LogP contribution in [0, 0.1) is 5.63 Å². The molecule has 0 bridgehead atoms. The van der Waals surface area contributed by atoms with E-state index in [9.17, 15) is 9.36 Å². The van der Waals surface area contributed by atoms with Crippen LogP contribution in [0.1, 0.15) is 0 Å². The van der Waals surface area contributed by atoms with E-state index in [1.54, 1.807) is 0 Å². The molecule has 6 heteroatoms. The molecule has 0 aromatic carbocycles. The second-order valence-electron chi connectivity index (χ2n) is 1.53. The summed E-state index contributed by atoms with van der Waals surface area (Å²) in [5.41, 5.74) is 6.78. The summed E-state index contributed by atoms with van der Waals surface area (Å²) in [6, 6.07) is -1.46. The number of carboxylic acids is 1. The second-order valence-corrected chi connectivity index (χ2v) is 1.97. The van der Waals surface area contributed by atoms with Gasteiger partial charge < -0.3 is 0 Å². The minimum atomic E-state index is -1.49. The molecule has 0 amide bonds. The SMILES string of the molecule is NC(C(=O)O)C(O)C#P=O. The van der Waals surface area contributed by atoms with Crippen LogP contribution in [0.25, 0.3) is 0 Å². The van der Waals surface area contributed by atoms with E-state index in [1.165, 1.54) is 0 Å². The molecule has 0 heterocycles. The number of aliphatic hydroxyl groups excluding tert-OH is 1. The van der Waals surface area contributed by atoms with E-state index in [0.717, 1.165) is 0 Å². The van der Waals surface area contributed by atoms with Gasteiger partial charge in [-0.1, -0.05) is 0 Å². The van der Waals surface area contributed by atoms with E-state index in [4.69, 9.17) is 15.9 Å². The van der Waals surface area contributed by atoms with Gasteiger partial charge in [-0.25, -0.2) is 0 Å². The van der Waals surface area contributed by atoms with Crippen LogP contribution >= 0.6 is 7.92 Å². The van der Waals surface area contributed by atoms with E-state index < -0.39 is 26.0 Å². The summed E-state index contributed by atoms with van der Waals surface area (Å²) in [7, 11) is -0.554. The number of carbonyl (C=O) groups is 1. The summed E-state index contributed by atoms with van der Waals surface area (Å²) in [4.78, 5) is 9.99. The number of hydrogen-bond donors (Lipinski definition) is 3. The Labute approximate surface area is 58.0 Å². The summed E-state index contributed by atoms with van der Waals surface area (Å²) in [6.45, 7) is 0. The van der Waals surface area contributed by atoms with E-state index >= 15 is 0 Å². The molecule has 0 aromatic heterocycles. The summed E-state index contributed by atoms with van der Waals surface area (Å²) < 4.78 is 9.72. The van der Waals surface area contributed by atoms with Crippen LogP contribution in [-0.4, -0.2) is 28.3 Å². The number of nitrogens with two attached hydrogens (primary N) is 1. The Kier molecular flexibility index (Phi) is 4.00. The predicted octanol–water partition coefficient (Wildman–Crippen LogP) is -0.990.